The molecular weight excluding hydrogens is 652 g/mol. The van der Waals surface area contributed by atoms with Gasteiger partial charge in [0.15, 0.2) is 12.6 Å². The maximum atomic E-state index is 17.0. The molecule has 0 aliphatic carbocycles. The molecule has 12 heteroatoms. The van der Waals surface area contributed by atoms with Crippen LogP contribution in [-0.2, 0) is 11.2 Å². The highest BCUT2D eigenvalue weighted by atomic mass is 35.5. The highest BCUT2D eigenvalue weighted by molar-refractivity contribution is 6.32. The standard InChI is InChI=1S/C37H46ClF2N5O4/c1-4-6-7-8-11-27-28(17-26(18-30(27)38)49-24-47-3)32-31(40)33-29(20-41-32)34(44-15-10-14-37(46,22-44)12-5-2)43-35(42-33)48-23-36-13-9-16-45(36)21-25(39)19-36/h4-5,17-18,20,25,46H,1-2,6-16,19,21-24H2,3H3/t25-,36+,37?/m1/s1. The summed E-state index contributed by atoms with van der Waals surface area (Å²) in [6, 6.07) is 3.43. The van der Waals surface area contributed by atoms with Crippen LogP contribution in [0.1, 0.15) is 63.4 Å². The van der Waals surface area contributed by atoms with Crippen molar-refractivity contribution in [2.45, 2.75) is 81.5 Å². The molecule has 3 aliphatic heterocycles. The lowest BCUT2D eigenvalue weighted by Crippen LogP contribution is -2.48. The Bertz CT molecular complexity index is 1680. The number of anilines is 1. The first kappa shape index (κ1) is 35.4. The topological polar surface area (TPSA) is 93.1 Å². The number of rotatable bonds is 15. The first-order chi connectivity index (χ1) is 23.7. The number of piperidine rings is 1. The number of hydrogen-bond acceptors (Lipinski definition) is 9. The quantitative estimate of drug-likeness (QED) is 0.100. The van der Waals surface area contributed by atoms with E-state index in [-0.39, 0.29) is 37.2 Å². The number of methoxy groups -OCH3 is 1. The third-order valence-corrected chi connectivity index (χ3v) is 10.4. The maximum Gasteiger partial charge on any atom is 0.319 e. The summed E-state index contributed by atoms with van der Waals surface area (Å²) in [6.07, 6.45) is 11.3. The van der Waals surface area contributed by atoms with Gasteiger partial charge in [-0.15, -0.1) is 13.2 Å². The number of unbranched alkanes of at least 4 members (excludes halogenated alkanes) is 2. The number of aromatic nitrogens is 3. The molecule has 0 bridgehead atoms. The van der Waals surface area contributed by atoms with Crippen molar-refractivity contribution in [1.82, 2.24) is 19.9 Å². The highest BCUT2D eigenvalue weighted by Crippen LogP contribution is 2.42. The summed E-state index contributed by atoms with van der Waals surface area (Å²) < 4.78 is 48.7. The smallest absolute Gasteiger partial charge is 0.319 e. The minimum atomic E-state index is -1.01. The van der Waals surface area contributed by atoms with E-state index in [9.17, 15) is 9.50 Å². The molecule has 9 nitrogen and oxygen atoms in total. The predicted octanol–water partition coefficient (Wildman–Crippen LogP) is 7.23. The van der Waals surface area contributed by atoms with Crippen LogP contribution < -0.4 is 14.4 Å². The van der Waals surface area contributed by atoms with Gasteiger partial charge in [-0.1, -0.05) is 23.8 Å². The van der Waals surface area contributed by atoms with E-state index in [0.29, 0.717) is 72.7 Å². The molecule has 3 saturated heterocycles. The van der Waals surface area contributed by atoms with Crippen molar-refractivity contribution in [3.8, 4) is 23.0 Å². The number of hydrogen-bond donors (Lipinski definition) is 1. The molecule has 0 amide bonds. The monoisotopic (exact) mass is 697 g/mol. The Morgan fingerprint density at radius 3 is 2.76 bits per heavy atom. The number of alkyl halides is 1. The zero-order valence-corrected chi connectivity index (χ0v) is 29.0. The average molecular weight is 698 g/mol. The fraction of sp³-hybridized carbons (Fsp3) is 0.541. The Kier molecular flexibility index (Phi) is 11.0. The molecule has 264 valence electrons. The largest absolute Gasteiger partial charge is 0.467 e. The van der Waals surface area contributed by atoms with Crippen LogP contribution in [0.25, 0.3) is 22.2 Å². The van der Waals surface area contributed by atoms with Crippen molar-refractivity contribution in [3.05, 3.63) is 60.0 Å². The third kappa shape index (κ3) is 7.55. The van der Waals surface area contributed by atoms with Gasteiger partial charge in [-0.25, -0.2) is 8.78 Å². The van der Waals surface area contributed by atoms with E-state index < -0.39 is 23.1 Å². The SMILES string of the molecule is C=CCCCCc1c(Cl)cc(OCOC)cc1-c1ncc2c(N3CCCC(O)(CC=C)C3)nc(OC[C@@]34CCCN3C[C@H](F)C4)nc2c1F. The fourth-order valence-electron chi connectivity index (χ4n) is 7.77. The second-order valence-corrected chi connectivity index (χ2v) is 14.0. The number of ether oxygens (including phenoxy) is 3. The Labute approximate surface area is 291 Å². The first-order valence-electron chi connectivity index (χ1n) is 17.2. The maximum absolute atomic E-state index is 17.0. The van der Waals surface area contributed by atoms with E-state index in [1.165, 1.54) is 7.11 Å². The normalized spacial score (nSPS) is 23.9. The molecule has 3 fully saturated rings. The number of nitrogens with zero attached hydrogens (tertiary/aromatic N) is 5. The van der Waals surface area contributed by atoms with Gasteiger partial charge in [0.2, 0.25) is 0 Å². The van der Waals surface area contributed by atoms with E-state index in [2.05, 4.69) is 28.0 Å². The van der Waals surface area contributed by atoms with E-state index >= 15 is 4.39 Å². The Balaban J connectivity index is 1.44. The number of β-amino-alcohol motifs (C(OH)–C–C–N with tert-alkyl or cyclic N) is 1. The minimum Gasteiger partial charge on any atom is -0.467 e. The molecule has 0 saturated carbocycles. The van der Waals surface area contributed by atoms with Gasteiger partial charge in [-0.2, -0.15) is 9.97 Å². The van der Waals surface area contributed by atoms with Crippen molar-refractivity contribution in [1.29, 1.82) is 0 Å². The molecule has 6 rings (SSSR count). The summed E-state index contributed by atoms with van der Waals surface area (Å²) in [6.45, 7) is 9.90. The van der Waals surface area contributed by atoms with Crippen molar-refractivity contribution >= 4 is 28.3 Å². The lowest BCUT2D eigenvalue weighted by atomic mass is 9.89. The Hall–Kier alpha value is -3.38. The molecule has 1 unspecified atom stereocenters. The van der Waals surface area contributed by atoms with Crippen LogP contribution >= 0.6 is 11.6 Å². The van der Waals surface area contributed by atoms with Crippen LogP contribution in [0.5, 0.6) is 11.8 Å². The molecule has 0 spiro atoms. The van der Waals surface area contributed by atoms with Crippen molar-refractivity contribution in [2.75, 3.05) is 51.6 Å². The molecular formula is C37H46ClF2N5O4. The van der Waals surface area contributed by atoms with Crippen molar-refractivity contribution in [3.63, 3.8) is 0 Å². The minimum absolute atomic E-state index is 0.000207. The van der Waals surface area contributed by atoms with Crippen LogP contribution in [0, 0.1) is 5.82 Å². The number of fused-ring (bicyclic) bond motifs is 2. The molecule has 3 aliphatic rings. The van der Waals surface area contributed by atoms with E-state index in [0.717, 1.165) is 44.2 Å². The van der Waals surface area contributed by atoms with E-state index in [1.807, 2.05) is 11.0 Å². The highest BCUT2D eigenvalue weighted by Gasteiger charge is 2.49. The van der Waals surface area contributed by atoms with Gasteiger partial charge in [0.05, 0.1) is 16.5 Å². The Morgan fingerprint density at radius 1 is 1.12 bits per heavy atom. The molecule has 49 heavy (non-hydrogen) atoms. The van der Waals surface area contributed by atoms with Crippen LogP contribution in [0.3, 0.4) is 0 Å². The molecule has 2 aromatic heterocycles. The van der Waals surface area contributed by atoms with Gasteiger partial charge in [-0.3, -0.25) is 9.88 Å². The first-order valence-corrected chi connectivity index (χ1v) is 17.6. The summed E-state index contributed by atoms with van der Waals surface area (Å²) in [7, 11) is 1.52. The van der Waals surface area contributed by atoms with E-state index in [1.54, 1.807) is 24.4 Å². The summed E-state index contributed by atoms with van der Waals surface area (Å²) in [5.74, 6) is 0.195. The second kappa shape index (κ2) is 15.2. The van der Waals surface area contributed by atoms with Crippen LogP contribution in [0.2, 0.25) is 5.02 Å². The molecule has 0 radical (unpaired) electrons. The molecule has 5 heterocycles. The summed E-state index contributed by atoms with van der Waals surface area (Å²) in [4.78, 5) is 18.2. The van der Waals surface area contributed by atoms with Crippen molar-refractivity contribution < 1.29 is 28.1 Å². The third-order valence-electron chi connectivity index (χ3n) is 10.1. The van der Waals surface area contributed by atoms with Crippen LogP contribution in [0.4, 0.5) is 14.6 Å². The molecule has 3 atom stereocenters. The van der Waals surface area contributed by atoms with Gasteiger partial charge in [-0.05, 0) is 82.0 Å². The van der Waals surface area contributed by atoms with Gasteiger partial charge >= 0.3 is 6.01 Å². The number of pyridine rings is 1. The number of allylic oxidation sites excluding steroid dienone is 1. The molecule has 3 aromatic rings. The predicted molar refractivity (Wildman–Crippen MR) is 188 cm³/mol. The number of halogens is 3. The Morgan fingerprint density at radius 2 is 1.96 bits per heavy atom. The number of aliphatic hydroxyl groups is 1. The zero-order chi connectivity index (χ0) is 34.6. The number of benzene rings is 1. The van der Waals surface area contributed by atoms with Gasteiger partial charge in [0.25, 0.3) is 0 Å². The lowest BCUT2D eigenvalue weighted by molar-refractivity contribution is 0.0287. The van der Waals surface area contributed by atoms with Crippen LogP contribution in [-0.4, -0.2) is 89.0 Å². The van der Waals surface area contributed by atoms with Crippen molar-refractivity contribution in [2.24, 2.45) is 0 Å². The molecule has 1 aromatic carbocycles. The second-order valence-electron chi connectivity index (χ2n) is 13.6. The van der Waals surface area contributed by atoms with Gasteiger partial charge in [0.1, 0.15) is 35.6 Å². The zero-order valence-electron chi connectivity index (χ0n) is 28.2. The summed E-state index contributed by atoms with van der Waals surface area (Å²) in [5.41, 5.74) is -0.0824. The van der Waals surface area contributed by atoms with Crippen LogP contribution in [0.15, 0.2) is 43.6 Å². The molecule has 1 N–H and O–H groups in total. The lowest BCUT2D eigenvalue weighted by Gasteiger charge is -2.39. The summed E-state index contributed by atoms with van der Waals surface area (Å²) in [5, 5.41) is 12.2. The van der Waals surface area contributed by atoms with Gasteiger partial charge < -0.3 is 24.2 Å². The summed E-state index contributed by atoms with van der Waals surface area (Å²) >= 11 is 6.80. The van der Waals surface area contributed by atoms with E-state index in [4.69, 9.17) is 30.8 Å². The van der Waals surface area contributed by atoms with Gasteiger partial charge in [0, 0.05) is 49.9 Å². The average Bonchev–Trinajstić information content (AvgIpc) is 3.61. The fourth-order valence-corrected chi connectivity index (χ4v) is 8.07.